The number of benzene rings is 1. The van der Waals surface area contributed by atoms with Crippen LogP contribution in [0.15, 0.2) is 35.9 Å². The zero-order chi connectivity index (χ0) is 27.0. The molecule has 0 saturated carbocycles. The first-order valence-corrected chi connectivity index (χ1v) is 37.1. The third kappa shape index (κ3) is 7.24. The van der Waals surface area contributed by atoms with Crippen LogP contribution in [0.25, 0.3) is 6.08 Å². The number of hydrogen-bond donors (Lipinski definition) is 0. The van der Waals surface area contributed by atoms with Crippen LogP contribution < -0.4 is 0 Å². The van der Waals surface area contributed by atoms with Crippen LogP contribution in [-0.4, -0.2) is 61.6 Å². The molecule has 0 saturated heterocycles. The lowest BCUT2D eigenvalue weighted by Gasteiger charge is -2.51. The minimum absolute atomic E-state index is 0.192. The molecule has 0 spiro atoms. The summed E-state index contributed by atoms with van der Waals surface area (Å²) in [5, 5.41) is 0. The lowest BCUT2D eigenvalue weighted by Crippen LogP contribution is -2.73. The highest BCUT2D eigenvalue weighted by Gasteiger charge is 2.55. The van der Waals surface area contributed by atoms with E-state index < -0.39 is 45.1 Å². The molecule has 34 heavy (non-hydrogen) atoms. The Balaban J connectivity index is 3.66. The Morgan fingerprint density at radius 3 is 1.32 bits per heavy atom. The van der Waals surface area contributed by atoms with Gasteiger partial charge >= 0.3 is 0 Å². The van der Waals surface area contributed by atoms with Crippen molar-refractivity contribution in [3.63, 3.8) is 0 Å². The Hall–Kier alpha value is 0.398. The third-order valence-electron chi connectivity index (χ3n) is 9.64. The molecular formula is C25H56O2Si7. The molecular weight excluding hydrogens is 529 g/mol. The summed E-state index contributed by atoms with van der Waals surface area (Å²) in [5.41, 5.74) is 3.15. The molecule has 9 heteroatoms. The van der Waals surface area contributed by atoms with E-state index >= 15 is 0 Å². The van der Waals surface area contributed by atoms with Crippen LogP contribution in [0.1, 0.15) is 12.5 Å². The predicted octanol–water partition coefficient (Wildman–Crippen LogP) is 7.42. The smallest absolute Gasteiger partial charge is 0.175 e. The van der Waals surface area contributed by atoms with E-state index in [4.69, 9.17) is 8.85 Å². The summed E-state index contributed by atoms with van der Waals surface area (Å²) >= 11 is 0. The van der Waals surface area contributed by atoms with Gasteiger partial charge in [0.15, 0.2) is 22.0 Å². The molecule has 1 aromatic rings. The minimum Gasteiger partial charge on any atom is -0.393 e. The van der Waals surface area contributed by atoms with Gasteiger partial charge in [0, 0.05) is 25.4 Å². The molecule has 196 valence electrons. The maximum absolute atomic E-state index is 7.41. The highest BCUT2D eigenvalue weighted by atomic mass is 29.7. The Morgan fingerprint density at radius 1 is 0.676 bits per heavy atom. The molecule has 0 N–H and O–H groups in total. The minimum atomic E-state index is -1.96. The van der Waals surface area contributed by atoms with Gasteiger partial charge in [0.1, 0.15) is 0 Å². The summed E-state index contributed by atoms with van der Waals surface area (Å²) < 4.78 is 14.8. The predicted molar refractivity (Wildman–Crippen MR) is 176 cm³/mol. The van der Waals surface area contributed by atoms with Crippen LogP contribution in [0.3, 0.4) is 0 Å². The van der Waals surface area contributed by atoms with Crippen LogP contribution in [0, 0.1) is 0 Å². The maximum atomic E-state index is 7.41. The Labute approximate surface area is 221 Å². The summed E-state index contributed by atoms with van der Waals surface area (Å²) in [6.45, 7) is 38.2. The van der Waals surface area contributed by atoms with Gasteiger partial charge in [0.05, 0.1) is 14.2 Å². The van der Waals surface area contributed by atoms with Gasteiger partial charge in [-0.25, -0.2) is 0 Å². The van der Waals surface area contributed by atoms with E-state index in [0.29, 0.717) is 5.54 Å². The summed E-state index contributed by atoms with van der Waals surface area (Å²) in [6, 6.07) is 10.8. The molecule has 1 aromatic carbocycles. The number of hydrogen-bond acceptors (Lipinski definition) is 2. The Kier molecular flexibility index (Phi) is 10.5. The van der Waals surface area contributed by atoms with Gasteiger partial charge in [-0.05, 0) is 42.9 Å². The maximum Gasteiger partial charge on any atom is 0.175 e. The second kappa shape index (κ2) is 11.0. The molecule has 0 heterocycles. The Bertz CT molecular complexity index is 793. The van der Waals surface area contributed by atoms with Crippen molar-refractivity contribution in [3.8, 4) is 0 Å². The average molecular weight is 585 g/mol. The topological polar surface area (TPSA) is 18.5 Å². The highest BCUT2D eigenvalue weighted by Crippen LogP contribution is 2.37. The van der Waals surface area contributed by atoms with Crippen molar-refractivity contribution in [3.05, 3.63) is 41.5 Å². The summed E-state index contributed by atoms with van der Waals surface area (Å²) in [5.74, 6) is 0. The van der Waals surface area contributed by atoms with E-state index in [0.717, 1.165) is 10.2 Å². The molecule has 1 rings (SSSR count). The van der Waals surface area contributed by atoms with E-state index in [1.807, 2.05) is 0 Å². The molecule has 0 aliphatic heterocycles. The van der Waals surface area contributed by atoms with E-state index in [-0.39, 0.29) is 6.29 Å². The number of rotatable bonds is 11. The lowest BCUT2D eigenvalue weighted by atomic mass is 10.1. The van der Waals surface area contributed by atoms with Crippen LogP contribution in [0.2, 0.25) is 97.2 Å². The van der Waals surface area contributed by atoms with Gasteiger partial charge in [0.2, 0.25) is 0 Å². The lowest BCUT2D eigenvalue weighted by molar-refractivity contribution is 0.0280. The quantitative estimate of drug-likeness (QED) is 0.199. The van der Waals surface area contributed by atoms with E-state index in [1.54, 1.807) is 0 Å². The van der Waals surface area contributed by atoms with E-state index in [1.165, 1.54) is 11.1 Å². The molecule has 0 aliphatic rings. The van der Waals surface area contributed by atoms with Crippen molar-refractivity contribution in [1.29, 1.82) is 0 Å². The first-order chi connectivity index (χ1) is 15.0. The fourth-order valence-electron chi connectivity index (χ4n) is 4.04. The molecule has 0 radical (unpaired) electrons. The fraction of sp³-hybridized carbons (Fsp3) is 0.680. The van der Waals surface area contributed by atoms with Crippen molar-refractivity contribution >= 4 is 61.4 Å². The SMILES string of the molecule is CC([SiH3])C(=Cc1ccccc1)C(O[Si](C)(C)[Si](C)(C)[Si](C)(C)C)O[Si](C)(C)[Si](C)(C)[Si](C)(C)C. The largest absolute Gasteiger partial charge is 0.393 e. The van der Waals surface area contributed by atoms with Crippen molar-refractivity contribution in [2.75, 3.05) is 0 Å². The van der Waals surface area contributed by atoms with Crippen molar-refractivity contribution < 1.29 is 8.85 Å². The van der Waals surface area contributed by atoms with Crippen LogP contribution in [-0.2, 0) is 8.85 Å². The molecule has 1 unspecified atom stereocenters. The highest BCUT2D eigenvalue weighted by molar-refractivity contribution is 7.67. The van der Waals surface area contributed by atoms with Crippen molar-refractivity contribution in [1.82, 2.24) is 0 Å². The van der Waals surface area contributed by atoms with Crippen LogP contribution >= 0.6 is 0 Å². The third-order valence-corrected chi connectivity index (χ3v) is 91.0. The zero-order valence-electron chi connectivity index (χ0n) is 25.4. The van der Waals surface area contributed by atoms with E-state index in [9.17, 15) is 0 Å². The zero-order valence-corrected chi connectivity index (χ0v) is 33.4. The second-order valence-electron chi connectivity index (χ2n) is 14.5. The van der Waals surface area contributed by atoms with Gasteiger partial charge in [-0.1, -0.05) is 109 Å². The van der Waals surface area contributed by atoms with Crippen LogP contribution in [0.5, 0.6) is 0 Å². The van der Waals surface area contributed by atoms with Gasteiger partial charge in [-0.15, -0.1) is 0 Å². The molecule has 0 aliphatic carbocycles. The second-order valence-corrected chi connectivity index (χ2v) is 72.5. The Morgan fingerprint density at radius 2 is 1.03 bits per heavy atom. The monoisotopic (exact) mass is 584 g/mol. The van der Waals surface area contributed by atoms with Gasteiger partial charge in [0.25, 0.3) is 0 Å². The molecule has 2 nitrogen and oxygen atoms in total. The molecule has 0 aromatic heterocycles. The van der Waals surface area contributed by atoms with Crippen molar-refractivity contribution in [2.45, 2.75) is 110 Å². The summed E-state index contributed by atoms with van der Waals surface area (Å²) in [4.78, 5) is 0. The first-order valence-electron chi connectivity index (χ1n) is 13.1. The summed E-state index contributed by atoms with van der Waals surface area (Å²) in [6.07, 6.45) is 2.20. The first kappa shape index (κ1) is 32.4. The molecule has 1 atom stereocenters. The summed E-state index contributed by atoms with van der Waals surface area (Å²) in [7, 11) is -8.51. The fourth-order valence-corrected chi connectivity index (χ4v) is 57.0. The van der Waals surface area contributed by atoms with Gasteiger partial charge < -0.3 is 8.85 Å². The molecule has 0 amide bonds. The molecule has 0 fully saturated rings. The average Bonchev–Trinajstić information content (AvgIpc) is 2.63. The van der Waals surface area contributed by atoms with Gasteiger partial charge in [-0.2, -0.15) is 0 Å². The standard InChI is InChI=1S/C25H56O2Si7/c1-22(28)24(21-23-19-17-16-18-20-23)25(26-31(8,9)33(12,13)29(2,3)4)27-32(10,11)34(14,15)30(5,6)7/h16-22,25H,1-15,28H3. The van der Waals surface area contributed by atoms with Crippen molar-refractivity contribution in [2.24, 2.45) is 0 Å². The normalized spacial score (nSPS) is 16.3. The van der Waals surface area contributed by atoms with E-state index in [2.05, 4.69) is 135 Å². The van der Waals surface area contributed by atoms with Gasteiger partial charge in [-0.3, -0.25) is 0 Å². The van der Waals surface area contributed by atoms with Crippen LogP contribution in [0.4, 0.5) is 0 Å². The molecule has 0 bridgehead atoms.